The van der Waals surface area contributed by atoms with Gasteiger partial charge in [-0.05, 0) is 66.1 Å². The maximum absolute atomic E-state index is 13.4. The second-order valence-electron chi connectivity index (χ2n) is 13.1. The number of hydrogen-bond donors (Lipinski definition) is 3. The summed E-state index contributed by atoms with van der Waals surface area (Å²) in [6.07, 6.45) is 4.92. The van der Waals surface area contributed by atoms with Crippen LogP contribution in [0.25, 0.3) is 0 Å². The molecule has 0 spiro atoms. The Morgan fingerprint density at radius 2 is 1.67 bits per heavy atom. The van der Waals surface area contributed by atoms with E-state index in [-0.39, 0.29) is 41.3 Å². The Labute approximate surface area is 297 Å². The number of aromatic nitrogens is 2. The summed E-state index contributed by atoms with van der Waals surface area (Å²) < 4.78 is 12.1. The van der Waals surface area contributed by atoms with Gasteiger partial charge in [-0.15, -0.1) is 0 Å². The molecule has 51 heavy (non-hydrogen) atoms. The van der Waals surface area contributed by atoms with Crippen molar-refractivity contribution in [3.05, 3.63) is 107 Å². The highest BCUT2D eigenvalue weighted by Crippen LogP contribution is 2.35. The van der Waals surface area contributed by atoms with Gasteiger partial charge in [-0.1, -0.05) is 51.5 Å². The van der Waals surface area contributed by atoms with Gasteiger partial charge in [0.05, 0.1) is 11.3 Å². The normalized spacial score (nSPS) is 15.8. The Balaban J connectivity index is 1.14. The van der Waals surface area contributed by atoms with Crippen molar-refractivity contribution in [1.82, 2.24) is 20.2 Å². The average Bonchev–Trinajstić information content (AvgIpc) is 3.12. The molecule has 1 saturated carbocycles. The molecule has 266 valence electrons. The molecule has 12 nitrogen and oxygen atoms in total. The largest absolute Gasteiger partial charge is 0.490 e. The fourth-order valence-electron chi connectivity index (χ4n) is 6.11. The first-order valence-corrected chi connectivity index (χ1v) is 16.9. The fraction of sp³-hybridized carbons (Fsp3) is 0.333. The molecule has 0 radical (unpaired) electrons. The van der Waals surface area contributed by atoms with Gasteiger partial charge in [0.15, 0.2) is 6.29 Å². The molecule has 3 aromatic carbocycles. The monoisotopic (exact) mass is 693 g/mol. The van der Waals surface area contributed by atoms with Crippen molar-refractivity contribution in [3.63, 3.8) is 0 Å². The van der Waals surface area contributed by atoms with Gasteiger partial charge < -0.3 is 24.8 Å². The van der Waals surface area contributed by atoms with Crippen molar-refractivity contribution in [2.75, 3.05) is 12.4 Å². The number of nitrogens with one attached hydrogen (secondary N) is 2. The Hall–Kier alpha value is -5.78. The van der Waals surface area contributed by atoms with Gasteiger partial charge in [-0.25, -0.2) is 4.98 Å². The zero-order valence-electron chi connectivity index (χ0n) is 29.2. The summed E-state index contributed by atoms with van der Waals surface area (Å²) in [4.78, 5) is 57.4. The van der Waals surface area contributed by atoms with Gasteiger partial charge in [0.1, 0.15) is 30.3 Å². The van der Waals surface area contributed by atoms with Gasteiger partial charge in [0, 0.05) is 48.8 Å². The van der Waals surface area contributed by atoms with E-state index in [9.17, 15) is 24.3 Å². The van der Waals surface area contributed by atoms with Crippen LogP contribution < -0.4 is 20.1 Å². The van der Waals surface area contributed by atoms with Gasteiger partial charge in [0.25, 0.3) is 5.91 Å². The highest BCUT2D eigenvalue weighted by molar-refractivity contribution is 6.04. The number of ether oxygens (including phenoxy) is 2. The van der Waals surface area contributed by atoms with Gasteiger partial charge >= 0.3 is 6.01 Å². The molecule has 4 aromatic rings. The van der Waals surface area contributed by atoms with Gasteiger partial charge in [-0.2, -0.15) is 4.98 Å². The molecule has 1 fully saturated rings. The first-order valence-electron chi connectivity index (χ1n) is 16.9. The number of carbonyl (C=O) groups excluding carboxylic acids is 4. The molecule has 3 amide bonds. The Morgan fingerprint density at radius 3 is 2.27 bits per heavy atom. The Morgan fingerprint density at radius 1 is 1.00 bits per heavy atom. The number of likely N-dealkylation sites (N-methyl/N-ethyl adjacent to an activating group) is 1. The molecule has 3 N–H and O–H groups in total. The number of hydrogen-bond acceptors (Lipinski definition) is 10. The number of amides is 3. The standard InChI is InChI=1S/C39H43N5O7/c1-5-6-35(36(47)41-24-46)44(4)37(48)34-21-28(12-7-25(34)22-45)42-30-19-33(20-30)51-32-15-10-27(11-16-32)39(2,3)26-8-13-31(14-9-26)50-23-29-17-18-40-38(49)43-29/h7-18,21-22,24,30,33,35,42H,5-6,19-20,23H2,1-4H3,(H,40,43,49)(H,41,46,47)/t30-,33+,35?. The van der Waals surface area contributed by atoms with E-state index in [1.807, 2.05) is 43.3 Å². The SMILES string of the molecule is CCCC(C(=O)NC=O)N(C)C(=O)c1cc(N[C@H]2C[C@@H](Oc3ccc(C(C)(C)c4ccc(OCc5ccnc(O)n5)cc4)cc3)C2)ccc1C=O. The van der Waals surface area contributed by atoms with Crippen LogP contribution in [0.1, 0.15) is 84.0 Å². The van der Waals surface area contributed by atoms with Crippen LogP contribution in [0.3, 0.4) is 0 Å². The lowest BCUT2D eigenvalue weighted by atomic mass is 9.78. The van der Waals surface area contributed by atoms with Crippen LogP contribution in [0, 0.1) is 0 Å². The summed E-state index contributed by atoms with van der Waals surface area (Å²) >= 11 is 0. The third-order valence-corrected chi connectivity index (χ3v) is 9.27. The highest BCUT2D eigenvalue weighted by Gasteiger charge is 2.32. The summed E-state index contributed by atoms with van der Waals surface area (Å²) in [5, 5.41) is 15.0. The smallest absolute Gasteiger partial charge is 0.314 e. The lowest BCUT2D eigenvalue weighted by Crippen LogP contribution is -2.47. The molecule has 0 saturated heterocycles. The van der Waals surface area contributed by atoms with Crippen molar-refractivity contribution in [2.45, 2.75) is 76.7 Å². The van der Waals surface area contributed by atoms with Crippen molar-refractivity contribution >= 4 is 30.2 Å². The van der Waals surface area contributed by atoms with Crippen LogP contribution in [0.4, 0.5) is 5.69 Å². The van der Waals surface area contributed by atoms with E-state index >= 15 is 0 Å². The molecule has 0 aliphatic heterocycles. The number of rotatable bonds is 16. The summed E-state index contributed by atoms with van der Waals surface area (Å²) in [5.41, 5.74) is 3.65. The van der Waals surface area contributed by atoms with Crippen LogP contribution in [-0.2, 0) is 21.6 Å². The third-order valence-electron chi connectivity index (χ3n) is 9.27. The molecule has 1 unspecified atom stereocenters. The summed E-state index contributed by atoms with van der Waals surface area (Å²) in [6.45, 7) is 6.43. The third kappa shape index (κ3) is 8.88. The molecule has 1 aliphatic rings. The number of benzene rings is 3. The number of aldehydes is 1. The molecular formula is C39H43N5O7. The number of imide groups is 1. The molecular weight excluding hydrogens is 650 g/mol. The minimum absolute atomic E-state index is 0.0211. The maximum atomic E-state index is 13.4. The minimum atomic E-state index is -0.847. The molecule has 1 heterocycles. The van der Waals surface area contributed by atoms with E-state index in [0.29, 0.717) is 42.7 Å². The van der Waals surface area contributed by atoms with E-state index in [2.05, 4.69) is 46.6 Å². The summed E-state index contributed by atoms with van der Waals surface area (Å²) in [5.74, 6) is 0.427. The number of nitrogens with zero attached hydrogens (tertiary/aromatic N) is 3. The number of carbonyl (C=O) groups is 4. The van der Waals surface area contributed by atoms with Gasteiger partial charge in [0.2, 0.25) is 12.3 Å². The first kappa shape index (κ1) is 36.5. The van der Waals surface area contributed by atoms with E-state index in [1.54, 1.807) is 24.3 Å². The van der Waals surface area contributed by atoms with Crippen LogP contribution in [-0.4, -0.2) is 69.7 Å². The molecule has 0 bridgehead atoms. The fourth-order valence-corrected chi connectivity index (χ4v) is 6.11. The predicted molar refractivity (Wildman–Crippen MR) is 191 cm³/mol. The van der Waals surface area contributed by atoms with E-state index < -0.39 is 17.9 Å². The number of aromatic hydroxyl groups is 1. The summed E-state index contributed by atoms with van der Waals surface area (Å²) in [7, 11) is 1.50. The minimum Gasteiger partial charge on any atom is -0.490 e. The number of anilines is 1. The Kier molecular flexibility index (Phi) is 11.7. The van der Waals surface area contributed by atoms with E-state index in [1.165, 1.54) is 18.1 Å². The van der Waals surface area contributed by atoms with Crippen molar-refractivity contribution in [1.29, 1.82) is 0 Å². The lowest BCUT2D eigenvalue weighted by molar-refractivity contribution is -0.128. The topological polar surface area (TPSA) is 160 Å². The molecule has 1 atom stereocenters. The van der Waals surface area contributed by atoms with E-state index in [4.69, 9.17) is 9.47 Å². The predicted octanol–water partition coefficient (Wildman–Crippen LogP) is 5.43. The zero-order valence-corrected chi connectivity index (χ0v) is 29.2. The summed E-state index contributed by atoms with van der Waals surface area (Å²) in [6, 6.07) is 21.7. The quantitative estimate of drug-likeness (QED) is 0.129. The molecule has 1 aliphatic carbocycles. The first-order chi connectivity index (χ1) is 24.5. The van der Waals surface area contributed by atoms with E-state index in [0.717, 1.165) is 29.7 Å². The highest BCUT2D eigenvalue weighted by atomic mass is 16.5. The van der Waals surface area contributed by atoms with Crippen LogP contribution in [0.5, 0.6) is 17.5 Å². The van der Waals surface area contributed by atoms with Crippen LogP contribution in [0.2, 0.25) is 0 Å². The molecule has 12 heteroatoms. The Bertz CT molecular complexity index is 1840. The van der Waals surface area contributed by atoms with Crippen molar-refractivity contribution < 1.29 is 33.8 Å². The van der Waals surface area contributed by atoms with Crippen LogP contribution in [0.15, 0.2) is 79.0 Å². The molecule has 1 aromatic heterocycles. The van der Waals surface area contributed by atoms with Crippen molar-refractivity contribution in [2.24, 2.45) is 0 Å². The average molecular weight is 694 g/mol. The lowest BCUT2D eigenvalue weighted by Gasteiger charge is -2.36. The molecule has 5 rings (SSSR count). The van der Waals surface area contributed by atoms with Crippen LogP contribution >= 0.6 is 0 Å². The maximum Gasteiger partial charge on any atom is 0.314 e. The second kappa shape index (κ2) is 16.3. The zero-order chi connectivity index (χ0) is 36.5. The van der Waals surface area contributed by atoms with Crippen molar-refractivity contribution in [3.8, 4) is 17.5 Å². The van der Waals surface area contributed by atoms with Gasteiger partial charge in [-0.3, -0.25) is 24.5 Å². The second-order valence-corrected chi connectivity index (χ2v) is 13.1.